The van der Waals surface area contributed by atoms with Crippen LogP contribution in [0.3, 0.4) is 0 Å². The van der Waals surface area contributed by atoms with E-state index in [1.165, 1.54) is 0 Å². The van der Waals surface area contributed by atoms with Crippen LogP contribution in [0.2, 0.25) is 0 Å². The molecule has 1 aliphatic carbocycles. The first-order valence-corrected chi connectivity index (χ1v) is 7.32. The molecule has 6 heteroatoms. The summed E-state index contributed by atoms with van der Waals surface area (Å²) in [5, 5.41) is 9.92. The number of amides is 2. The molecule has 2 aliphatic rings. The highest BCUT2D eigenvalue weighted by atomic mass is 16.2. The van der Waals surface area contributed by atoms with E-state index in [-0.39, 0.29) is 11.6 Å². The summed E-state index contributed by atoms with van der Waals surface area (Å²) in [6.45, 7) is 0.850. The fourth-order valence-corrected chi connectivity index (χ4v) is 3.19. The highest BCUT2D eigenvalue weighted by molar-refractivity contribution is 5.93. The maximum absolute atomic E-state index is 12.5. The largest absolute Gasteiger partial charge is 0.322 e. The number of aromatic amines is 1. The van der Waals surface area contributed by atoms with Crippen LogP contribution in [0.1, 0.15) is 25.7 Å². The Labute approximate surface area is 122 Å². The van der Waals surface area contributed by atoms with Gasteiger partial charge in [-0.05, 0) is 37.8 Å². The molecule has 0 aromatic carbocycles. The second-order valence-corrected chi connectivity index (χ2v) is 5.78. The van der Waals surface area contributed by atoms with Gasteiger partial charge in [0.15, 0.2) is 0 Å². The van der Waals surface area contributed by atoms with Gasteiger partial charge in [-0.1, -0.05) is 6.07 Å². The van der Waals surface area contributed by atoms with Gasteiger partial charge in [0.1, 0.15) is 5.69 Å². The van der Waals surface area contributed by atoms with Crippen molar-refractivity contribution in [1.82, 2.24) is 20.1 Å². The zero-order valence-corrected chi connectivity index (χ0v) is 11.7. The van der Waals surface area contributed by atoms with Crippen molar-refractivity contribution in [3.8, 4) is 11.4 Å². The van der Waals surface area contributed by atoms with Crippen LogP contribution in [-0.4, -0.2) is 38.2 Å². The van der Waals surface area contributed by atoms with E-state index in [9.17, 15) is 4.79 Å². The molecule has 2 N–H and O–H groups in total. The van der Waals surface area contributed by atoms with E-state index in [1.54, 1.807) is 12.4 Å². The number of nitrogens with one attached hydrogen (secondary N) is 2. The minimum absolute atomic E-state index is 0.0245. The number of H-pyrrole nitrogens is 1. The summed E-state index contributed by atoms with van der Waals surface area (Å²) in [5.41, 5.74) is 2.35. The molecule has 2 fully saturated rings. The van der Waals surface area contributed by atoms with Gasteiger partial charge in [-0.25, -0.2) is 4.79 Å². The molecule has 0 atom stereocenters. The predicted molar refractivity (Wildman–Crippen MR) is 78.7 cm³/mol. The highest BCUT2D eigenvalue weighted by Gasteiger charge is 2.52. The van der Waals surface area contributed by atoms with Crippen molar-refractivity contribution in [3.05, 3.63) is 30.6 Å². The first-order chi connectivity index (χ1) is 10.3. The minimum Gasteiger partial charge on any atom is -0.319 e. The Balaban J connectivity index is 1.56. The molecule has 2 aromatic rings. The van der Waals surface area contributed by atoms with Gasteiger partial charge in [-0.15, -0.1) is 0 Å². The number of hydrogen-bond donors (Lipinski definition) is 2. The van der Waals surface area contributed by atoms with Crippen molar-refractivity contribution >= 4 is 11.7 Å². The lowest BCUT2D eigenvalue weighted by molar-refractivity contribution is 0.201. The molecule has 108 valence electrons. The highest BCUT2D eigenvalue weighted by Crippen LogP contribution is 2.49. The molecule has 21 heavy (non-hydrogen) atoms. The quantitative estimate of drug-likeness (QED) is 0.889. The van der Waals surface area contributed by atoms with E-state index in [0.717, 1.165) is 43.6 Å². The first-order valence-electron chi connectivity index (χ1n) is 7.32. The molecule has 2 amide bonds. The van der Waals surface area contributed by atoms with Crippen LogP contribution in [0.4, 0.5) is 10.5 Å². The Morgan fingerprint density at radius 3 is 3.00 bits per heavy atom. The van der Waals surface area contributed by atoms with Crippen LogP contribution in [-0.2, 0) is 0 Å². The number of carbonyl (C=O) groups excluding carboxylic acids is 1. The molecule has 3 heterocycles. The van der Waals surface area contributed by atoms with E-state index in [2.05, 4.69) is 20.5 Å². The molecule has 1 spiro atoms. The first kappa shape index (κ1) is 12.4. The molecule has 1 saturated heterocycles. The number of hydrogen-bond acceptors (Lipinski definition) is 3. The Hall–Kier alpha value is -2.37. The number of likely N-dealkylation sites (tertiary alicyclic amines) is 1. The van der Waals surface area contributed by atoms with Gasteiger partial charge in [0.25, 0.3) is 0 Å². The Morgan fingerprint density at radius 1 is 1.33 bits per heavy atom. The SMILES string of the molecule is O=C(Nc1cn[nH]c1-c1ccccn1)N1CCCC12CC2. The average molecular weight is 283 g/mol. The normalized spacial score (nSPS) is 19.0. The van der Waals surface area contributed by atoms with Gasteiger partial charge in [0.2, 0.25) is 0 Å². The second kappa shape index (κ2) is 4.58. The topological polar surface area (TPSA) is 73.9 Å². The van der Waals surface area contributed by atoms with Crippen molar-refractivity contribution in [1.29, 1.82) is 0 Å². The lowest BCUT2D eigenvalue weighted by Crippen LogP contribution is -2.40. The van der Waals surface area contributed by atoms with Crippen LogP contribution in [0.25, 0.3) is 11.4 Å². The molecular formula is C15H17N5O. The van der Waals surface area contributed by atoms with Crippen LogP contribution in [0.15, 0.2) is 30.6 Å². The summed E-state index contributed by atoms with van der Waals surface area (Å²) in [7, 11) is 0. The number of pyridine rings is 1. The third kappa shape index (κ3) is 2.07. The molecule has 6 nitrogen and oxygen atoms in total. The average Bonchev–Trinajstić information content (AvgIpc) is 2.94. The molecule has 0 bridgehead atoms. The van der Waals surface area contributed by atoms with Crippen LogP contribution in [0.5, 0.6) is 0 Å². The Bertz CT molecular complexity index is 662. The molecule has 1 saturated carbocycles. The zero-order valence-electron chi connectivity index (χ0n) is 11.7. The number of carbonyl (C=O) groups is 1. The smallest absolute Gasteiger partial charge is 0.319 e. The molecule has 4 rings (SSSR count). The van der Waals surface area contributed by atoms with E-state index < -0.39 is 0 Å². The van der Waals surface area contributed by atoms with Gasteiger partial charge >= 0.3 is 6.03 Å². The third-order valence-electron chi connectivity index (χ3n) is 4.47. The van der Waals surface area contributed by atoms with Crippen molar-refractivity contribution in [2.75, 3.05) is 11.9 Å². The van der Waals surface area contributed by atoms with Crippen molar-refractivity contribution < 1.29 is 4.79 Å². The van der Waals surface area contributed by atoms with E-state index in [4.69, 9.17) is 0 Å². The van der Waals surface area contributed by atoms with E-state index in [0.29, 0.717) is 5.69 Å². The number of nitrogens with zero attached hydrogens (tertiary/aromatic N) is 3. The van der Waals surface area contributed by atoms with Gasteiger partial charge in [0, 0.05) is 18.3 Å². The van der Waals surface area contributed by atoms with E-state index in [1.807, 2.05) is 23.1 Å². The monoisotopic (exact) mass is 283 g/mol. The number of rotatable bonds is 2. The molecule has 1 aliphatic heterocycles. The second-order valence-electron chi connectivity index (χ2n) is 5.78. The van der Waals surface area contributed by atoms with Crippen LogP contribution >= 0.6 is 0 Å². The summed E-state index contributed by atoms with van der Waals surface area (Å²) < 4.78 is 0. The Kier molecular flexibility index (Phi) is 2.70. The number of aromatic nitrogens is 3. The third-order valence-corrected chi connectivity index (χ3v) is 4.47. The van der Waals surface area contributed by atoms with Crippen molar-refractivity contribution in [2.24, 2.45) is 0 Å². The number of anilines is 1. The summed E-state index contributed by atoms with van der Waals surface area (Å²) >= 11 is 0. The Morgan fingerprint density at radius 2 is 2.24 bits per heavy atom. The molecule has 2 aromatic heterocycles. The van der Waals surface area contributed by atoms with Crippen LogP contribution in [0, 0.1) is 0 Å². The molecular weight excluding hydrogens is 266 g/mol. The summed E-state index contributed by atoms with van der Waals surface area (Å²) in [5.74, 6) is 0. The molecule has 0 radical (unpaired) electrons. The fourth-order valence-electron chi connectivity index (χ4n) is 3.19. The van der Waals surface area contributed by atoms with Crippen molar-refractivity contribution in [3.63, 3.8) is 0 Å². The zero-order chi connectivity index (χ0) is 14.3. The van der Waals surface area contributed by atoms with Gasteiger partial charge in [-0.3, -0.25) is 10.1 Å². The summed E-state index contributed by atoms with van der Waals surface area (Å²) in [6, 6.07) is 5.64. The summed E-state index contributed by atoms with van der Waals surface area (Å²) in [6.07, 6.45) is 7.88. The predicted octanol–water partition coefficient (Wildman–Crippen LogP) is 2.63. The standard InChI is InChI=1S/C15H17N5O/c21-14(20-9-3-5-15(20)6-7-15)18-12-10-17-19-13(12)11-4-1-2-8-16-11/h1-2,4,8,10H,3,5-7,9H2,(H,17,19)(H,18,21). The fraction of sp³-hybridized carbons (Fsp3) is 0.400. The number of urea groups is 1. The maximum atomic E-state index is 12.5. The summed E-state index contributed by atoms with van der Waals surface area (Å²) in [4.78, 5) is 18.8. The van der Waals surface area contributed by atoms with Gasteiger partial charge in [0.05, 0.1) is 17.6 Å². The van der Waals surface area contributed by atoms with E-state index >= 15 is 0 Å². The lowest BCUT2D eigenvalue weighted by atomic mass is 10.2. The lowest BCUT2D eigenvalue weighted by Gasteiger charge is -2.24. The van der Waals surface area contributed by atoms with Crippen LogP contribution < -0.4 is 5.32 Å². The van der Waals surface area contributed by atoms with Gasteiger partial charge < -0.3 is 10.2 Å². The minimum atomic E-state index is -0.0245. The molecule has 0 unspecified atom stereocenters. The van der Waals surface area contributed by atoms with Gasteiger partial charge in [-0.2, -0.15) is 5.10 Å². The van der Waals surface area contributed by atoms with Crippen molar-refractivity contribution in [2.45, 2.75) is 31.2 Å². The maximum Gasteiger partial charge on any atom is 0.322 e.